The molecule has 0 aromatic carbocycles. The second-order valence-electron chi connectivity index (χ2n) is 7.78. The van der Waals surface area contributed by atoms with Crippen molar-refractivity contribution in [3.63, 3.8) is 0 Å². The molecular weight excluding hydrogens is 182 g/mol. The maximum atomic E-state index is 2.54. The Morgan fingerprint density at radius 3 is 1.93 bits per heavy atom. The summed E-state index contributed by atoms with van der Waals surface area (Å²) in [4.78, 5) is 2.54. The molecule has 1 heterocycles. The molecule has 15 heavy (non-hydrogen) atoms. The Labute approximate surface area is 96.2 Å². The molecular formula is C14H29N. The van der Waals surface area contributed by atoms with Crippen molar-refractivity contribution in [3.05, 3.63) is 0 Å². The highest BCUT2D eigenvalue weighted by atomic mass is 15.2. The van der Waals surface area contributed by atoms with Gasteiger partial charge < -0.3 is 4.90 Å². The van der Waals surface area contributed by atoms with Crippen LogP contribution in [0.15, 0.2) is 0 Å². The number of hydrogen-bond acceptors (Lipinski definition) is 1. The second kappa shape index (κ2) is 3.48. The minimum atomic E-state index is 0.352. The Kier molecular flexibility index (Phi) is 3.02. The van der Waals surface area contributed by atoms with E-state index in [4.69, 9.17) is 0 Å². The third-order valence-corrected chi connectivity index (χ3v) is 4.37. The van der Waals surface area contributed by atoms with Gasteiger partial charge >= 0.3 is 0 Å². The van der Waals surface area contributed by atoms with Crippen LogP contribution in [-0.4, -0.2) is 24.0 Å². The third-order valence-electron chi connectivity index (χ3n) is 4.37. The number of piperidine rings is 1. The molecule has 0 saturated carbocycles. The summed E-state index contributed by atoms with van der Waals surface area (Å²) in [7, 11) is 2.27. The minimum absolute atomic E-state index is 0.352. The van der Waals surface area contributed by atoms with Gasteiger partial charge in [-0.25, -0.2) is 0 Å². The lowest BCUT2D eigenvalue weighted by molar-refractivity contribution is -0.0603. The zero-order valence-corrected chi connectivity index (χ0v) is 11.9. The maximum Gasteiger partial charge on any atom is 0.0155 e. The van der Waals surface area contributed by atoms with Crippen LogP contribution in [0.4, 0.5) is 0 Å². The molecule has 1 unspecified atom stereocenters. The summed E-state index contributed by atoms with van der Waals surface area (Å²) in [5, 5.41) is 0. The van der Waals surface area contributed by atoms with E-state index in [1.165, 1.54) is 13.0 Å². The smallest absolute Gasteiger partial charge is 0.0155 e. The van der Waals surface area contributed by atoms with Gasteiger partial charge in [-0.05, 0) is 44.1 Å². The van der Waals surface area contributed by atoms with Crippen LogP contribution in [0.1, 0.15) is 54.9 Å². The molecule has 0 aromatic heterocycles. The summed E-state index contributed by atoms with van der Waals surface area (Å²) in [5.74, 6) is 0.781. The fraction of sp³-hybridized carbons (Fsp3) is 1.00. The van der Waals surface area contributed by atoms with E-state index in [0.29, 0.717) is 16.4 Å². The van der Waals surface area contributed by atoms with Crippen LogP contribution in [0.5, 0.6) is 0 Å². The van der Waals surface area contributed by atoms with Gasteiger partial charge in [-0.15, -0.1) is 0 Å². The molecule has 0 radical (unpaired) electrons. The SMILES string of the molecule is CN1CC(C(C)(C)C)C(C)(C)CC1(C)C. The number of hydrogen-bond donors (Lipinski definition) is 0. The minimum Gasteiger partial charge on any atom is -0.301 e. The van der Waals surface area contributed by atoms with Crippen molar-refractivity contribution in [2.45, 2.75) is 60.4 Å². The summed E-state index contributed by atoms with van der Waals surface area (Å²) in [6.07, 6.45) is 1.29. The van der Waals surface area contributed by atoms with Gasteiger partial charge in [0.25, 0.3) is 0 Å². The van der Waals surface area contributed by atoms with E-state index >= 15 is 0 Å². The van der Waals surface area contributed by atoms with Crippen LogP contribution in [-0.2, 0) is 0 Å². The van der Waals surface area contributed by atoms with Crippen molar-refractivity contribution in [2.75, 3.05) is 13.6 Å². The normalized spacial score (nSPS) is 31.6. The number of likely N-dealkylation sites (tertiary alicyclic amines) is 1. The van der Waals surface area contributed by atoms with Crippen molar-refractivity contribution in [1.82, 2.24) is 4.90 Å². The fourth-order valence-corrected chi connectivity index (χ4v) is 3.59. The molecule has 1 aliphatic heterocycles. The molecule has 90 valence electrons. The average molecular weight is 211 g/mol. The van der Waals surface area contributed by atoms with Gasteiger partial charge in [-0.2, -0.15) is 0 Å². The first-order chi connectivity index (χ1) is 6.47. The lowest BCUT2D eigenvalue weighted by Gasteiger charge is -2.56. The van der Waals surface area contributed by atoms with Gasteiger partial charge in [0.15, 0.2) is 0 Å². The molecule has 1 nitrogen and oxygen atoms in total. The molecule has 1 rings (SSSR count). The Morgan fingerprint density at radius 1 is 1.07 bits per heavy atom. The van der Waals surface area contributed by atoms with Gasteiger partial charge in [0.05, 0.1) is 0 Å². The zero-order valence-electron chi connectivity index (χ0n) is 11.9. The molecule has 0 amide bonds. The molecule has 1 heteroatoms. The molecule has 0 bridgehead atoms. The first kappa shape index (κ1) is 13.0. The third kappa shape index (κ3) is 2.55. The van der Waals surface area contributed by atoms with Crippen LogP contribution in [0.2, 0.25) is 0 Å². The van der Waals surface area contributed by atoms with Crippen molar-refractivity contribution in [3.8, 4) is 0 Å². The molecule has 0 aliphatic carbocycles. The van der Waals surface area contributed by atoms with Gasteiger partial charge in [-0.1, -0.05) is 34.6 Å². The second-order valence-corrected chi connectivity index (χ2v) is 7.78. The van der Waals surface area contributed by atoms with Gasteiger partial charge in [0.2, 0.25) is 0 Å². The Hall–Kier alpha value is -0.0400. The van der Waals surface area contributed by atoms with Crippen molar-refractivity contribution < 1.29 is 0 Å². The monoisotopic (exact) mass is 211 g/mol. The van der Waals surface area contributed by atoms with E-state index in [0.717, 1.165) is 5.92 Å². The largest absolute Gasteiger partial charge is 0.301 e. The topological polar surface area (TPSA) is 3.24 Å². The first-order valence-corrected chi connectivity index (χ1v) is 6.18. The van der Waals surface area contributed by atoms with E-state index < -0.39 is 0 Å². The standard InChI is InChI=1S/C14H29N/c1-12(2,3)11-9-15(8)14(6,7)10-13(11,4)5/h11H,9-10H2,1-8H3. The van der Waals surface area contributed by atoms with Gasteiger partial charge in [-0.3, -0.25) is 0 Å². The van der Waals surface area contributed by atoms with E-state index in [2.05, 4.69) is 60.4 Å². The van der Waals surface area contributed by atoms with E-state index in [1.54, 1.807) is 0 Å². The highest BCUT2D eigenvalue weighted by Crippen LogP contribution is 2.49. The fourth-order valence-electron chi connectivity index (χ4n) is 3.59. The molecule has 0 aromatic rings. The van der Waals surface area contributed by atoms with Crippen molar-refractivity contribution in [1.29, 1.82) is 0 Å². The summed E-state index contributed by atoms with van der Waals surface area (Å²) < 4.78 is 0. The zero-order chi connectivity index (χ0) is 12.1. The number of rotatable bonds is 0. The molecule has 0 N–H and O–H groups in total. The lowest BCUT2D eigenvalue weighted by atomic mass is 9.59. The van der Waals surface area contributed by atoms with Crippen molar-refractivity contribution >= 4 is 0 Å². The first-order valence-electron chi connectivity index (χ1n) is 6.18. The van der Waals surface area contributed by atoms with E-state index in [-0.39, 0.29) is 0 Å². The van der Waals surface area contributed by atoms with E-state index in [1.807, 2.05) is 0 Å². The highest BCUT2D eigenvalue weighted by molar-refractivity contribution is 4.99. The maximum absolute atomic E-state index is 2.54. The lowest BCUT2D eigenvalue weighted by Crippen LogP contribution is -2.57. The Morgan fingerprint density at radius 2 is 1.53 bits per heavy atom. The summed E-state index contributed by atoms with van der Waals surface area (Å²) in [6.45, 7) is 18.0. The Bertz CT molecular complexity index is 232. The van der Waals surface area contributed by atoms with Crippen LogP contribution in [0.3, 0.4) is 0 Å². The quantitative estimate of drug-likeness (QED) is 0.589. The molecule has 0 spiro atoms. The molecule has 1 saturated heterocycles. The molecule has 1 fully saturated rings. The predicted molar refractivity (Wildman–Crippen MR) is 68.1 cm³/mol. The molecule has 1 atom stereocenters. The van der Waals surface area contributed by atoms with Crippen LogP contribution in [0.25, 0.3) is 0 Å². The van der Waals surface area contributed by atoms with Crippen LogP contribution >= 0.6 is 0 Å². The highest BCUT2D eigenvalue weighted by Gasteiger charge is 2.47. The van der Waals surface area contributed by atoms with Crippen molar-refractivity contribution in [2.24, 2.45) is 16.7 Å². The summed E-state index contributed by atoms with van der Waals surface area (Å²) in [5.41, 5.74) is 1.22. The summed E-state index contributed by atoms with van der Waals surface area (Å²) in [6, 6.07) is 0. The average Bonchev–Trinajstić information content (AvgIpc) is 1.92. The van der Waals surface area contributed by atoms with E-state index in [9.17, 15) is 0 Å². The summed E-state index contributed by atoms with van der Waals surface area (Å²) >= 11 is 0. The van der Waals surface area contributed by atoms with Gasteiger partial charge in [0, 0.05) is 12.1 Å². The van der Waals surface area contributed by atoms with Crippen LogP contribution in [0, 0.1) is 16.7 Å². The number of nitrogens with zero attached hydrogens (tertiary/aromatic N) is 1. The molecule has 1 aliphatic rings. The predicted octanol–water partition coefficient (Wildman–Crippen LogP) is 3.79. The van der Waals surface area contributed by atoms with Crippen LogP contribution < -0.4 is 0 Å². The Balaban J connectivity index is 2.95. The van der Waals surface area contributed by atoms with Gasteiger partial charge in [0.1, 0.15) is 0 Å².